The lowest BCUT2D eigenvalue weighted by atomic mass is 10.4. The van der Waals surface area contributed by atoms with Gasteiger partial charge < -0.3 is 14.8 Å². The third kappa shape index (κ3) is 12.0. The lowest BCUT2D eigenvalue weighted by molar-refractivity contribution is 0.0736. The van der Waals surface area contributed by atoms with Gasteiger partial charge in [0.2, 0.25) is 10.0 Å². The maximum absolute atomic E-state index is 11.5. The highest BCUT2D eigenvalue weighted by atomic mass is 32.2. The van der Waals surface area contributed by atoms with Gasteiger partial charge in [0, 0.05) is 26.2 Å². The molecule has 0 aliphatic carbocycles. The number of ether oxygens (including phenoxy) is 2. The Hall–Kier alpha value is -0.210. The Kier molecular flexibility index (Phi) is 9.66. The van der Waals surface area contributed by atoms with Crippen LogP contribution in [0, 0.1) is 0 Å². The molecule has 0 heterocycles. The van der Waals surface area contributed by atoms with Gasteiger partial charge >= 0.3 is 0 Å². The van der Waals surface area contributed by atoms with E-state index in [9.17, 15) is 8.42 Å². The zero-order chi connectivity index (χ0) is 13.1. The van der Waals surface area contributed by atoms with E-state index in [4.69, 9.17) is 9.47 Å². The summed E-state index contributed by atoms with van der Waals surface area (Å²) < 4.78 is 35.4. The van der Waals surface area contributed by atoms with Crippen molar-refractivity contribution >= 4 is 10.0 Å². The van der Waals surface area contributed by atoms with Gasteiger partial charge in [0.05, 0.1) is 25.6 Å². The SMILES string of the molecule is COCCOCCNS(=O)(=O)CCNC(C)C. The van der Waals surface area contributed by atoms with Gasteiger partial charge in [-0.25, -0.2) is 13.1 Å². The van der Waals surface area contributed by atoms with Crippen molar-refractivity contribution in [3.05, 3.63) is 0 Å². The van der Waals surface area contributed by atoms with Crippen LogP contribution in [-0.4, -0.2) is 60.2 Å². The predicted molar refractivity (Wildman–Crippen MR) is 67.6 cm³/mol. The van der Waals surface area contributed by atoms with E-state index in [-0.39, 0.29) is 5.75 Å². The van der Waals surface area contributed by atoms with E-state index in [1.165, 1.54) is 0 Å². The summed E-state index contributed by atoms with van der Waals surface area (Å²) >= 11 is 0. The number of methoxy groups -OCH3 is 1. The highest BCUT2D eigenvalue weighted by molar-refractivity contribution is 7.89. The highest BCUT2D eigenvalue weighted by Crippen LogP contribution is 1.85. The van der Waals surface area contributed by atoms with Gasteiger partial charge in [-0.2, -0.15) is 0 Å². The summed E-state index contributed by atoms with van der Waals surface area (Å²) in [6.07, 6.45) is 0. The van der Waals surface area contributed by atoms with E-state index >= 15 is 0 Å². The van der Waals surface area contributed by atoms with Gasteiger partial charge in [-0.05, 0) is 0 Å². The minimum Gasteiger partial charge on any atom is -0.382 e. The van der Waals surface area contributed by atoms with Crippen LogP contribution in [0.1, 0.15) is 13.8 Å². The summed E-state index contributed by atoms with van der Waals surface area (Å²) in [4.78, 5) is 0. The Labute approximate surface area is 104 Å². The summed E-state index contributed by atoms with van der Waals surface area (Å²) in [6.45, 7) is 6.07. The molecule has 7 heteroatoms. The van der Waals surface area contributed by atoms with Crippen molar-refractivity contribution in [2.75, 3.05) is 45.8 Å². The molecule has 17 heavy (non-hydrogen) atoms. The predicted octanol–water partition coefficient (Wildman–Crippen LogP) is -0.433. The molecule has 0 aromatic rings. The molecule has 104 valence electrons. The van der Waals surface area contributed by atoms with Crippen LogP contribution in [0.15, 0.2) is 0 Å². The Morgan fingerprint density at radius 3 is 2.41 bits per heavy atom. The molecule has 0 rings (SSSR count). The topological polar surface area (TPSA) is 76.7 Å². The molecule has 0 aromatic heterocycles. The molecule has 0 atom stereocenters. The summed E-state index contributed by atoms with van der Waals surface area (Å²) in [6, 6.07) is 0.294. The Bertz CT molecular complexity index is 267. The van der Waals surface area contributed by atoms with Crippen LogP contribution >= 0.6 is 0 Å². The Morgan fingerprint density at radius 2 is 1.82 bits per heavy atom. The van der Waals surface area contributed by atoms with Crippen molar-refractivity contribution in [1.29, 1.82) is 0 Å². The van der Waals surface area contributed by atoms with Crippen molar-refractivity contribution in [2.45, 2.75) is 19.9 Å². The molecule has 0 unspecified atom stereocenters. The largest absolute Gasteiger partial charge is 0.382 e. The van der Waals surface area contributed by atoms with Crippen molar-refractivity contribution in [3.8, 4) is 0 Å². The highest BCUT2D eigenvalue weighted by Gasteiger charge is 2.08. The second-order valence-electron chi connectivity index (χ2n) is 3.93. The Morgan fingerprint density at radius 1 is 1.12 bits per heavy atom. The second kappa shape index (κ2) is 9.78. The van der Waals surface area contributed by atoms with Crippen molar-refractivity contribution in [3.63, 3.8) is 0 Å². The molecule has 0 spiro atoms. The first-order chi connectivity index (χ1) is 7.98. The number of rotatable bonds is 11. The first kappa shape index (κ1) is 16.8. The lowest BCUT2D eigenvalue weighted by Crippen LogP contribution is -2.35. The second-order valence-corrected chi connectivity index (χ2v) is 5.85. The van der Waals surface area contributed by atoms with E-state index in [1.807, 2.05) is 13.8 Å². The van der Waals surface area contributed by atoms with Gasteiger partial charge in [0.15, 0.2) is 0 Å². The fraction of sp³-hybridized carbons (Fsp3) is 1.00. The smallest absolute Gasteiger partial charge is 0.212 e. The average Bonchev–Trinajstić information content (AvgIpc) is 2.22. The van der Waals surface area contributed by atoms with Gasteiger partial charge in [0.25, 0.3) is 0 Å². The van der Waals surface area contributed by atoms with Gasteiger partial charge in [0.1, 0.15) is 0 Å². The van der Waals surface area contributed by atoms with Crippen LogP contribution in [0.5, 0.6) is 0 Å². The zero-order valence-electron chi connectivity index (χ0n) is 10.9. The molecule has 0 fully saturated rings. The minimum atomic E-state index is -3.19. The molecule has 6 nitrogen and oxygen atoms in total. The lowest BCUT2D eigenvalue weighted by Gasteiger charge is -2.09. The van der Waals surface area contributed by atoms with Crippen LogP contribution in [-0.2, 0) is 19.5 Å². The van der Waals surface area contributed by atoms with E-state index in [1.54, 1.807) is 7.11 Å². The molecular formula is C10H24N2O4S. The van der Waals surface area contributed by atoms with E-state index < -0.39 is 10.0 Å². The van der Waals surface area contributed by atoms with Crippen LogP contribution in [0.2, 0.25) is 0 Å². The summed E-state index contributed by atoms with van der Waals surface area (Å²) in [7, 11) is -1.60. The zero-order valence-corrected chi connectivity index (χ0v) is 11.7. The van der Waals surface area contributed by atoms with E-state index in [0.29, 0.717) is 39.0 Å². The van der Waals surface area contributed by atoms with Crippen LogP contribution < -0.4 is 10.0 Å². The quantitative estimate of drug-likeness (QED) is 0.497. The monoisotopic (exact) mass is 268 g/mol. The molecule has 0 saturated heterocycles. The summed E-state index contributed by atoms with van der Waals surface area (Å²) in [5.41, 5.74) is 0. The standard InChI is InChI=1S/C10H24N2O4S/c1-10(2)11-5-9-17(13,14)12-4-6-16-8-7-15-3/h10-12H,4-9H2,1-3H3. The molecule has 0 aromatic carbocycles. The number of hydrogen-bond donors (Lipinski definition) is 2. The fourth-order valence-corrected chi connectivity index (χ4v) is 1.99. The van der Waals surface area contributed by atoms with Crippen molar-refractivity contribution in [1.82, 2.24) is 10.0 Å². The molecule has 0 saturated carbocycles. The van der Waals surface area contributed by atoms with E-state index in [2.05, 4.69) is 10.0 Å². The molecule has 0 bridgehead atoms. The van der Waals surface area contributed by atoms with Crippen LogP contribution in [0.25, 0.3) is 0 Å². The summed E-state index contributed by atoms with van der Waals surface area (Å²) in [5, 5.41) is 3.05. The minimum absolute atomic E-state index is 0.0866. The van der Waals surface area contributed by atoms with Crippen LogP contribution in [0.3, 0.4) is 0 Å². The normalized spacial score (nSPS) is 12.2. The van der Waals surface area contributed by atoms with Gasteiger partial charge in [-0.1, -0.05) is 13.8 Å². The van der Waals surface area contributed by atoms with Gasteiger partial charge in [-0.3, -0.25) is 0 Å². The molecule has 0 aliphatic heterocycles. The first-order valence-corrected chi connectivity index (χ1v) is 7.40. The fourth-order valence-electron chi connectivity index (χ4n) is 1.07. The molecule has 2 N–H and O–H groups in total. The maximum atomic E-state index is 11.5. The Balaban J connectivity index is 3.51. The van der Waals surface area contributed by atoms with E-state index in [0.717, 1.165) is 0 Å². The summed E-state index contributed by atoms with van der Waals surface area (Å²) in [5.74, 6) is 0.0866. The third-order valence-corrected chi connectivity index (χ3v) is 3.31. The number of hydrogen-bond acceptors (Lipinski definition) is 5. The number of sulfonamides is 1. The van der Waals surface area contributed by atoms with Crippen molar-refractivity contribution < 1.29 is 17.9 Å². The van der Waals surface area contributed by atoms with Gasteiger partial charge in [-0.15, -0.1) is 0 Å². The molecular weight excluding hydrogens is 244 g/mol. The average molecular weight is 268 g/mol. The molecule has 0 aliphatic rings. The van der Waals surface area contributed by atoms with Crippen LogP contribution in [0.4, 0.5) is 0 Å². The molecule has 0 amide bonds. The first-order valence-electron chi connectivity index (χ1n) is 5.75. The third-order valence-electron chi connectivity index (χ3n) is 1.92. The molecule has 0 radical (unpaired) electrons. The maximum Gasteiger partial charge on any atom is 0.212 e. The van der Waals surface area contributed by atoms with Crippen molar-refractivity contribution in [2.24, 2.45) is 0 Å². The number of nitrogens with one attached hydrogen (secondary N) is 2.